The molecule has 204 valence electrons. The molecule has 2 heterocycles. The number of piperazine rings is 1. The van der Waals surface area contributed by atoms with E-state index in [2.05, 4.69) is 39.9 Å². The van der Waals surface area contributed by atoms with Crippen molar-refractivity contribution in [3.05, 3.63) is 71.2 Å². The van der Waals surface area contributed by atoms with Gasteiger partial charge in [0.2, 0.25) is 0 Å². The number of rotatable bonds is 10. The SMILES string of the molecule is COc1ccc2c(Oc3ccc(OCC(C)N4CCN(CC(=O)O)CC4)cc3)c(-c3ccc(Br)cc3)sc2c1. The fourth-order valence-electron chi connectivity index (χ4n) is 4.67. The molecule has 9 heteroatoms. The smallest absolute Gasteiger partial charge is 0.317 e. The summed E-state index contributed by atoms with van der Waals surface area (Å²) in [6.07, 6.45) is 0. The molecule has 0 spiro atoms. The number of carboxylic acid groups (broad SMARTS) is 1. The summed E-state index contributed by atoms with van der Waals surface area (Å²) in [7, 11) is 1.68. The lowest BCUT2D eigenvalue weighted by Crippen LogP contribution is -2.51. The van der Waals surface area contributed by atoms with Gasteiger partial charge in [0.25, 0.3) is 0 Å². The van der Waals surface area contributed by atoms with Crippen molar-refractivity contribution in [1.29, 1.82) is 0 Å². The molecule has 3 aromatic carbocycles. The van der Waals surface area contributed by atoms with Crippen LogP contribution in [0.2, 0.25) is 0 Å². The summed E-state index contributed by atoms with van der Waals surface area (Å²) in [6, 6.07) is 22.3. The van der Waals surface area contributed by atoms with E-state index in [9.17, 15) is 4.79 Å². The highest BCUT2D eigenvalue weighted by molar-refractivity contribution is 9.10. The average molecular weight is 612 g/mol. The van der Waals surface area contributed by atoms with Gasteiger partial charge in [-0.15, -0.1) is 11.3 Å². The summed E-state index contributed by atoms with van der Waals surface area (Å²) in [5.74, 6) is 2.38. The van der Waals surface area contributed by atoms with Crippen LogP contribution in [0.5, 0.6) is 23.0 Å². The molecule has 0 aliphatic carbocycles. The zero-order valence-corrected chi connectivity index (χ0v) is 24.3. The lowest BCUT2D eigenvalue weighted by molar-refractivity contribution is -0.138. The number of halogens is 1. The predicted molar refractivity (Wildman–Crippen MR) is 159 cm³/mol. The van der Waals surface area contributed by atoms with Crippen LogP contribution in [-0.2, 0) is 4.79 Å². The zero-order valence-electron chi connectivity index (χ0n) is 21.9. The number of aliphatic carboxylic acids is 1. The molecule has 1 saturated heterocycles. The maximum Gasteiger partial charge on any atom is 0.317 e. The number of hydrogen-bond donors (Lipinski definition) is 1. The summed E-state index contributed by atoms with van der Waals surface area (Å²) < 4.78 is 20.1. The number of methoxy groups -OCH3 is 1. The molecule has 1 aliphatic heterocycles. The summed E-state index contributed by atoms with van der Waals surface area (Å²) in [5, 5.41) is 10.0. The topological polar surface area (TPSA) is 71.5 Å². The number of nitrogens with zero attached hydrogens (tertiary/aromatic N) is 2. The van der Waals surface area contributed by atoms with E-state index >= 15 is 0 Å². The average Bonchev–Trinajstić information content (AvgIpc) is 3.30. The quantitative estimate of drug-likeness (QED) is 0.217. The predicted octanol–water partition coefficient (Wildman–Crippen LogP) is 6.60. The number of hydrogen-bond acceptors (Lipinski definition) is 7. The van der Waals surface area contributed by atoms with Gasteiger partial charge < -0.3 is 19.3 Å². The fourth-order valence-corrected chi connectivity index (χ4v) is 6.10. The Morgan fingerprint density at radius 3 is 2.31 bits per heavy atom. The molecule has 0 radical (unpaired) electrons. The molecule has 0 amide bonds. The number of carbonyl (C=O) groups is 1. The second kappa shape index (κ2) is 12.4. The molecule has 1 aromatic heterocycles. The summed E-state index contributed by atoms with van der Waals surface area (Å²) in [4.78, 5) is 16.3. The molecule has 39 heavy (non-hydrogen) atoms. The third-order valence-corrected chi connectivity index (χ3v) is 8.59. The van der Waals surface area contributed by atoms with Gasteiger partial charge in [0.05, 0.1) is 18.5 Å². The molecule has 5 rings (SSSR count). The number of benzene rings is 3. The second-order valence-electron chi connectivity index (χ2n) is 9.57. The zero-order chi connectivity index (χ0) is 27.4. The highest BCUT2D eigenvalue weighted by atomic mass is 79.9. The van der Waals surface area contributed by atoms with E-state index in [0.29, 0.717) is 6.61 Å². The molecule has 1 aliphatic rings. The molecule has 1 fully saturated rings. The normalized spacial score (nSPS) is 15.3. The maximum absolute atomic E-state index is 10.9. The minimum atomic E-state index is -0.774. The first kappa shape index (κ1) is 27.5. The van der Waals surface area contributed by atoms with Gasteiger partial charge in [-0.2, -0.15) is 0 Å². The minimum absolute atomic E-state index is 0.104. The van der Waals surface area contributed by atoms with Crippen LogP contribution in [0, 0.1) is 0 Å². The highest BCUT2D eigenvalue weighted by Crippen LogP contribution is 2.47. The van der Waals surface area contributed by atoms with Crippen LogP contribution in [0.4, 0.5) is 0 Å². The largest absolute Gasteiger partial charge is 0.497 e. The van der Waals surface area contributed by atoms with E-state index < -0.39 is 5.97 Å². The van der Waals surface area contributed by atoms with Crippen LogP contribution in [0.1, 0.15) is 6.92 Å². The number of thiophene rings is 1. The van der Waals surface area contributed by atoms with E-state index in [1.807, 2.05) is 59.5 Å². The minimum Gasteiger partial charge on any atom is -0.497 e. The molecular weight excluding hydrogens is 580 g/mol. The molecule has 1 unspecified atom stereocenters. The van der Waals surface area contributed by atoms with Crippen LogP contribution < -0.4 is 14.2 Å². The van der Waals surface area contributed by atoms with Gasteiger partial charge in [0, 0.05) is 46.8 Å². The molecule has 1 N–H and O–H groups in total. The van der Waals surface area contributed by atoms with Crippen molar-refractivity contribution in [3.63, 3.8) is 0 Å². The van der Waals surface area contributed by atoms with Crippen molar-refractivity contribution in [2.75, 3.05) is 46.4 Å². The third-order valence-electron chi connectivity index (χ3n) is 6.88. The maximum atomic E-state index is 10.9. The Morgan fingerprint density at radius 2 is 1.64 bits per heavy atom. The van der Waals surface area contributed by atoms with Gasteiger partial charge in [-0.05, 0) is 67.1 Å². The Hall–Kier alpha value is -3.11. The first-order chi connectivity index (χ1) is 18.9. The van der Waals surface area contributed by atoms with Crippen molar-refractivity contribution >= 4 is 43.3 Å². The van der Waals surface area contributed by atoms with Crippen LogP contribution in [0.3, 0.4) is 0 Å². The Balaban J connectivity index is 1.26. The highest BCUT2D eigenvalue weighted by Gasteiger charge is 2.23. The third kappa shape index (κ3) is 6.73. The first-order valence-corrected chi connectivity index (χ1v) is 14.5. The molecule has 4 aromatic rings. The van der Waals surface area contributed by atoms with Gasteiger partial charge in [-0.1, -0.05) is 28.1 Å². The van der Waals surface area contributed by atoms with Crippen molar-refractivity contribution in [2.24, 2.45) is 0 Å². The van der Waals surface area contributed by atoms with Crippen molar-refractivity contribution < 1.29 is 24.1 Å². The second-order valence-corrected chi connectivity index (χ2v) is 11.5. The lowest BCUT2D eigenvalue weighted by atomic mass is 10.1. The van der Waals surface area contributed by atoms with E-state index in [4.69, 9.17) is 19.3 Å². The molecular formula is C30H31BrN2O5S. The van der Waals surface area contributed by atoms with Gasteiger partial charge in [0.1, 0.15) is 23.9 Å². The molecule has 7 nitrogen and oxygen atoms in total. The summed E-state index contributed by atoms with van der Waals surface area (Å²) in [6.45, 7) is 6.00. The molecule has 1 atom stereocenters. The van der Waals surface area contributed by atoms with Gasteiger partial charge >= 0.3 is 5.97 Å². The molecule has 0 saturated carbocycles. The van der Waals surface area contributed by atoms with Crippen LogP contribution in [0.25, 0.3) is 20.5 Å². The summed E-state index contributed by atoms with van der Waals surface area (Å²) >= 11 is 5.21. The molecule has 0 bridgehead atoms. The van der Waals surface area contributed by atoms with Gasteiger partial charge in [-0.25, -0.2) is 0 Å². The van der Waals surface area contributed by atoms with E-state index in [0.717, 1.165) is 74.2 Å². The van der Waals surface area contributed by atoms with E-state index in [-0.39, 0.29) is 12.6 Å². The number of carboxylic acids is 1. The van der Waals surface area contributed by atoms with Crippen molar-refractivity contribution in [2.45, 2.75) is 13.0 Å². The standard InChI is InChI=1S/C30H31BrN2O5S/c1-20(33-15-13-32(14-16-33)18-28(34)35)19-37-23-7-9-24(10-8-23)38-29-26-12-11-25(36-2)17-27(26)39-30(29)21-3-5-22(31)6-4-21/h3-12,17,20H,13-16,18-19H2,1-2H3,(H,34,35). The Kier molecular flexibility index (Phi) is 8.72. The van der Waals surface area contributed by atoms with Gasteiger partial charge in [0.15, 0.2) is 5.75 Å². The van der Waals surface area contributed by atoms with Crippen LogP contribution >= 0.6 is 27.3 Å². The Bertz CT molecular complexity index is 1420. The summed E-state index contributed by atoms with van der Waals surface area (Å²) in [5.41, 5.74) is 1.09. The van der Waals surface area contributed by atoms with Crippen molar-refractivity contribution in [3.8, 4) is 33.4 Å². The first-order valence-electron chi connectivity index (χ1n) is 12.8. The van der Waals surface area contributed by atoms with E-state index in [1.165, 1.54) is 0 Å². The van der Waals surface area contributed by atoms with Crippen molar-refractivity contribution in [1.82, 2.24) is 9.80 Å². The lowest BCUT2D eigenvalue weighted by Gasteiger charge is -2.37. The van der Waals surface area contributed by atoms with Crippen LogP contribution in [0.15, 0.2) is 71.2 Å². The number of ether oxygens (including phenoxy) is 3. The monoisotopic (exact) mass is 610 g/mol. The number of fused-ring (bicyclic) bond motifs is 1. The Labute approximate surface area is 240 Å². The fraction of sp³-hybridized carbons (Fsp3) is 0.300. The van der Waals surface area contributed by atoms with Gasteiger partial charge in [-0.3, -0.25) is 14.6 Å². The van der Waals surface area contributed by atoms with E-state index in [1.54, 1.807) is 18.4 Å². The Morgan fingerprint density at radius 1 is 0.974 bits per heavy atom. The van der Waals surface area contributed by atoms with Crippen LogP contribution in [-0.4, -0.2) is 73.4 Å².